The number of nitrogens with zero attached hydrogens (tertiary/aromatic N) is 1. The summed E-state index contributed by atoms with van der Waals surface area (Å²) in [4.78, 5) is 10.2. The summed E-state index contributed by atoms with van der Waals surface area (Å²) in [7, 11) is 0. The Morgan fingerprint density at radius 3 is 2.68 bits per heavy atom. The average Bonchev–Trinajstić information content (AvgIpc) is 2.85. The lowest BCUT2D eigenvalue weighted by Crippen LogP contribution is -2.34. The number of nitro groups is 1. The second-order valence-corrected chi connectivity index (χ2v) is 6.01. The molecule has 0 bridgehead atoms. The normalized spacial score (nSPS) is 11.6. The molecule has 22 heavy (non-hydrogen) atoms. The van der Waals surface area contributed by atoms with Crippen molar-refractivity contribution < 1.29 is 14.4 Å². The molecule has 0 saturated carbocycles. The van der Waals surface area contributed by atoms with E-state index in [2.05, 4.69) is 5.32 Å². The number of halogens is 1. The van der Waals surface area contributed by atoms with Gasteiger partial charge < -0.3 is 14.8 Å². The summed E-state index contributed by atoms with van der Waals surface area (Å²) in [6, 6.07) is 7.80. The molecule has 0 aliphatic rings. The summed E-state index contributed by atoms with van der Waals surface area (Å²) in [6.07, 6.45) is 0. The van der Waals surface area contributed by atoms with Crippen molar-refractivity contribution in [3.05, 3.63) is 51.2 Å². The third-order valence-electron chi connectivity index (χ3n) is 2.95. The van der Waals surface area contributed by atoms with Gasteiger partial charge in [-0.3, -0.25) is 10.1 Å². The van der Waals surface area contributed by atoms with Crippen LogP contribution in [0.15, 0.2) is 34.7 Å². The van der Waals surface area contributed by atoms with Crippen LogP contribution in [0.4, 0.5) is 5.69 Å². The first-order chi connectivity index (χ1) is 10.3. The number of hydrogen-bond donors (Lipinski definition) is 2. The molecule has 7 heteroatoms. The molecule has 0 aliphatic carbocycles. The van der Waals surface area contributed by atoms with Crippen LogP contribution in [0.5, 0.6) is 0 Å². The lowest BCUT2D eigenvalue weighted by atomic mass is 10.1. The molecule has 0 amide bonds. The Hall–Kier alpha value is -1.89. The molecule has 2 N–H and O–H groups in total. The number of rotatable bonds is 6. The smallest absolute Gasteiger partial charge is 0.270 e. The van der Waals surface area contributed by atoms with Gasteiger partial charge >= 0.3 is 0 Å². The molecule has 1 heterocycles. The van der Waals surface area contributed by atoms with Gasteiger partial charge in [-0.15, -0.1) is 0 Å². The van der Waals surface area contributed by atoms with E-state index in [1.807, 2.05) is 0 Å². The highest BCUT2D eigenvalue weighted by atomic mass is 35.5. The molecule has 118 valence electrons. The summed E-state index contributed by atoms with van der Waals surface area (Å²) in [5.41, 5.74) is -0.259. The second-order valence-electron chi connectivity index (χ2n) is 5.60. The molecule has 6 nitrogen and oxygen atoms in total. The van der Waals surface area contributed by atoms with Gasteiger partial charge in [0, 0.05) is 24.2 Å². The van der Waals surface area contributed by atoms with Crippen LogP contribution in [-0.4, -0.2) is 22.2 Å². The molecule has 0 aliphatic heterocycles. The maximum Gasteiger partial charge on any atom is 0.270 e. The van der Waals surface area contributed by atoms with Crippen molar-refractivity contribution in [2.75, 3.05) is 6.54 Å². The molecule has 0 saturated heterocycles. The topological polar surface area (TPSA) is 88.5 Å². The molecule has 1 aromatic heterocycles. The molecule has 0 unspecified atom stereocenters. The maximum absolute atomic E-state index is 10.7. The highest BCUT2D eigenvalue weighted by molar-refractivity contribution is 6.33. The molecule has 2 aromatic rings. The minimum atomic E-state index is -0.795. The standard InChI is InChI=1S/C15H17ClN2O4/c1-15(2,19)9-17-8-11-4-6-14(22-11)12-5-3-10(18(20)21)7-13(12)16/h3-7,17,19H,8-9H2,1-2H3. The van der Waals surface area contributed by atoms with Crippen LogP contribution in [0.25, 0.3) is 11.3 Å². The highest BCUT2D eigenvalue weighted by Gasteiger charge is 2.14. The van der Waals surface area contributed by atoms with Crippen LogP contribution >= 0.6 is 11.6 Å². The van der Waals surface area contributed by atoms with Crippen LogP contribution < -0.4 is 5.32 Å². The fourth-order valence-electron chi connectivity index (χ4n) is 1.93. The van der Waals surface area contributed by atoms with Crippen LogP contribution in [-0.2, 0) is 6.54 Å². The highest BCUT2D eigenvalue weighted by Crippen LogP contribution is 2.32. The lowest BCUT2D eigenvalue weighted by Gasteiger charge is -2.16. The zero-order valence-corrected chi connectivity index (χ0v) is 13.1. The van der Waals surface area contributed by atoms with Crippen molar-refractivity contribution in [2.45, 2.75) is 26.0 Å². The first kappa shape index (κ1) is 16.5. The van der Waals surface area contributed by atoms with Gasteiger partial charge in [-0.25, -0.2) is 0 Å². The monoisotopic (exact) mass is 324 g/mol. The van der Waals surface area contributed by atoms with Crippen LogP contribution in [0.2, 0.25) is 5.02 Å². The Kier molecular flexibility index (Phi) is 4.85. The van der Waals surface area contributed by atoms with Crippen molar-refractivity contribution in [1.82, 2.24) is 5.32 Å². The van der Waals surface area contributed by atoms with Crippen molar-refractivity contribution in [2.24, 2.45) is 0 Å². The largest absolute Gasteiger partial charge is 0.460 e. The van der Waals surface area contributed by atoms with Gasteiger partial charge in [0.05, 0.1) is 22.1 Å². The average molecular weight is 325 g/mol. The fraction of sp³-hybridized carbons (Fsp3) is 0.333. The molecule has 1 aromatic carbocycles. The zero-order chi connectivity index (χ0) is 16.3. The van der Waals surface area contributed by atoms with E-state index in [-0.39, 0.29) is 10.7 Å². The van der Waals surface area contributed by atoms with Gasteiger partial charge in [-0.1, -0.05) is 11.6 Å². The van der Waals surface area contributed by atoms with Crippen LogP contribution in [0.1, 0.15) is 19.6 Å². The van der Waals surface area contributed by atoms with Crippen LogP contribution in [0, 0.1) is 10.1 Å². The number of nitrogens with one attached hydrogen (secondary N) is 1. The van der Waals surface area contributed by atoms with Crippen LogP contribution in [0.3, 0.4) is 0 Å². The van der Waals surface area contributed by atoms with E-state index in [1.54, 1.807) is 32.0 Å². The Balaban J connectivity index is 2.10. The van der Waals surface area contributed by atoms with E-state index in [0.29, 0.717) is 30.2 Å². The Morgan fingerprint density at radius 1 is 1.36 bits per heavy atom. The summed E-state index contributed by atoms with van der Waals surface area (Å²) < 4.78 is 5.67. The Morgan fingerprint density at radius 2 is 2.09 bits per heavy atom. The van der Waals surface area contributed by atoms with Crippen molar-refractivity contribution in [3.8, 4) is 11.3 Å². The predicted octanol–water partition coefficient (Wildman–Crippen LogP) is 3.37. The summed E-state index contributed by atoms with van der Waals surface area (Å²) in [5.74, 6) is 1.23. The SMILES string of the molecule is CC(C)(O)CNCc1ccc(-c2ccc([N+](=O)[O-])cc2Cl)o1. The second kappa shape index (κ2) is 6.48. The quantitative estimate of drug-likeness (QED) is 0.628. The van der Waals surface area contributed by atoms with Crippen molar-refractivity contribution in [3.63, 3.8) is 0 Å². The Labute approximate surface area is 132 Å². The number of furan rings is 1. The van der Waals surface area contributed by atoms with E-state index in [0.717, 1.165) is 0 Å². The fourth-order valence-corrected chi connectivity index (χ4v) is 2.19. The van der Waals surface area contributed by atoms with Gasteiger partial charge in [0.1, 0.15) is 11.5 Å². The molecule has 0 atom stereocenters. The molecule has 2 rings (SSSR count). The molecular formula is C15H17ClN2O4. The van der Waals surface area contributed by atoms with Crippen molar-refractivity contribution >= 4 is 17.3 Å². The third kappa shape index (κ3) is 4.30. The van der Waals surface area contributed by atoms with Gasteiger partial charge in [0.25, 0.3) is 5.69 Å². The minimum absolute atomic E-state index is 0.0626. The van der Waals surface area contributed by atoms with E-state index < -0.39 is 10.5 Å². The first-order valence-corrected chi connectivity index (χ1v) is 7.10. The number of aliphatic hydroxyl groups is 1. The van der Waals surface area contributed by atoms with E-state index in [1.165, 1.54) is 12.1 Å². The number of hydrogen-bond acceptors (Lipinski definition) is 5. The first-order valence-electron chi connectivity index (χ1n) is 6.72. The number of nitro benzene ring substituents is 1. The minimum Gasteiger partial charge on any atom is -0.460 e. The lowest BCUT2D eigenvalue weighted by molar-refractivity contribution is -0.384. The van der Waals surface area contributed by atoms with Gasteiger partial charge in [-0.2, -0.15) is 0 Å². The number of benzene rings is 1. The zero-order valence-electron chi connectivity index (χ0n) is 12.3. The summed E-state index contributed by atoms with van der Waals surface area (Å²) >= 11 is 6.07. The van der Waals surface area contributed by atoms with E-state index in [4.69, 9.17) is 16.0 Å². The Bertz CT molecular complexity index is 676. The van der Waals surface area contributed by atoms with Gasteiger partial charge in [0.2, 0.25) is 0 Å². The van der Waals surface area contributed by atoms with Gasteiger partial charge in [0.15, 0.2) is 0 Å². The molecule has 0 fully saturated rings. The molecule has 0 spiro atoms. The van der Waals surface area contributed by atoms with E-state index in [9.17, 15) is 15.2 Å². The van der Waals surface area contributed by atoms with E-state index >= 15 is 0 Å². The molecule has 0 radical (unpaired) electrons. The third-order valence-corrected chi connectivity index (χ3v) is 3.26. The van der Waals surface area contributed by atoms with Crippen molar-refractivity contribution in [1.29, 1.82) is 0 Å². The predicted molar refractivity (Wildman–Crippen MR) is 83.8 cm³/mol. The van der Waals surface area contributed by atoms with Gasteiger partial charge in [-0.05, 0) is 32.0 Å². The molecular weight excluding hydrogens is 308 g/mol. The number of non-ortho nitro benzene ring substituents is 1. The maximum atomic E-state index is 10.7. The summed E-state index contributed by atoms with van der Waals surface area (Å²) in [6.45, 7) is 4.32. The summed E-state index contributed by atoms with van der Waals surface area (Å²) in [5, 5.41) is 23.7.